The van der Waals surface area contributed by atoms with Crippen LogP contribution in [0.2, 0.25) is 0 Å². The number of carbonyl (C=O) groups is 1. The molecule has 0 aromatic carbocycles. The van der Waals surface area contributed by atoms with Crippen LogP contribution in [0.15, 0.2) is 10.6 Å². The zero-order chi connectivity index (χ0) is 7.40. The molecule has 4 heteroatoms. The number of hydrogen-bond acceptors (Lipinski definition) is 4. The van der Waals surface area contributed by atoms with Crippen molar-refractivity contribution < 1.29 is 14.1 Å². The van der Waals surface area contributed by atoms with E-state index in [9.17, 15) is 4.79 Å². The third-order valence-electron chi connectivity index (χ3n) is 0.914. The van der Waals surface area contributed by atoms with Crippen molar-refractivity contribution in [1.29, 1.82) is 0 Å². The summed E-state index contributed by atoms with van der Waals surface area (Å²) in [6, 6.07) is 1.44. The van der Waals surface area contributed by atoms with E-state index in [1.807, 2.05) is 6.92 Å². The highest BCUT2D eigenvalue weighted by molar-refractivity contribution is 5.71. The Kier molecular flexibility index (Phi) is 2.04. The predicted molar refractivity (Wildman–Crippen MR) is 33.1 cm³/mol. The molecule has 1 rings (SSSR count). The smallest absolute Gasteiger partial charge is 0.311 e. The molecule has 0 spiro atoms. The molecule has 0 fully saturated rings. The van der Waals surface area contributed by atoms with E-state index in [-0.39, 0.29) is 11.6 Å². The lowest BCUT2D eigenvalue weighted by atomic mass is 10.5. The predicted octanol–water partition coefficient (Wildman–Crippen LogP) is 0.886. The van der Waals surface area contributed by atoms with Crippen molar-refractivity contribution in [3.8, 4) is 5.95 Å². The fourth-order valence-corrected chi connectivity index (χ4v) is 0.537. The largest absolute Gasteiger partial charge is 0.464 e. The number of hydrogen-bond donors (Lipinski definition) is 0. The highest BCUT2D eigenvalue weighted by Gasteiger charge is 2.00. The maximum Gasteiger partial charge on any atom is 0.311 e. The van der Waals surface area contributed by atoms with Gasteiger partial charge in [-0.2, -0.15) is 0 Å². The monoisotopic (exact) mass is 141 g/mol. The lowest BCUT2D eigenvalue weighted by Crippen LogP contribution is -1.88. The highest BCUT2D eigenvalue weighted by Crippen LogP contribution is 2.09. The van der Waals surface area contributed by atoms with E-state index in [1.54, 1.807) is 0 Å². The van der Waals surface area contributed by atoms with Gasteiger partial charge >= 0.3 is 5.95 Å². The van der Waals surface area contributed by atoms with E-state index in [2.05, 4.69) is 9.68 Å². The Bertz CT molecular complexity index is 219. The molecule has 0 aliphatic carbocycles. The molecule has 0 aliphatic rings. The molecule has 0 saturated carbocycles. The summed E-state index contributed by atoms with van der Waals surface area (Å²) in [5.41, 5.74) is 0.253. The molecule has 54 valence electrons. The van der Waals surface area contributed by atoms with Gasteiger partial charge in [0.25, 0.3) is 0 Å². The minimum atomic E-state index is 0.253. The summed E-state index contributed by atoms with van der Waals surface area (Å²) in [5, 5.41) is 3.39. The molecule has 0 atom stereocenters. The van der Waals surface area contributed by atoms with E-state index in [0.717, 1.165) is 0 Å². The summed E-state index contributed by atoms with van der Waals surface area (Å²) in [7, 11) is 0. The zero-order valence-corrected chi connectivity index (χ0v) is 5.53. The van der Waals surface area contributed by atoms with Crippen molar-refractivity contribution in [2.75, 3.05) is 6.61 Å². The van der Waals surface area contributed by atoms with Crippen molar-refractivity contribution in [3.63, 3.8) is 0 Å². The van der Waals surface area contributed by atoms with Crippen molar-refractivity contribution in [2.45, 2.75) is 6.92 Å². The van der Waals surface area contributed by atoms with E-state index >= 15 is 0 Å². The summed E-state index contributed by atoms with van der Waals surface area (Å²) in [4.78, 5) is 10.0. The van der Waals surface area contributed by atoms with E-state index in [1.165, 1.54) is 6.07 Å². The lowest BCUT2D eigenvalue weighted by Gasteiger charge is -1.91. The number of ether oxygens (including phenoxy) is 1. The first-order valence-electron chi connectivity index (χ1n) is 2.91. The van der Waals surface area contributed by atoms with Crippen molar-refractivity contribution in [1.82, 2.24) is 5.16 Å². The maximum atomic E-state index is 10.0. The van der Waals surface area contributed by atoms with E-state index in [4.69, 9.17) is 4.74 Å². The summed E-state index contributed by atoms with van der Waals surface area (Å²) in [6.07, 6.45) is 0.603. The Labute approximate surface area is 57.8 Å². The minimum Gasteiger partial charge on any atom is -0.464 e. The van der Waals surface area contributed by atoms with Crippen LogP contribution in [0.4, 0.5) is 0 Å². The summed E-state index contributed by atoms with van der Waals surface area (Å²) < 4.78 is 9.49. The second-order valence-corrected chi connectivity index (χ2v) is 1.62. The standard InChI is InChI=1S/C6H7NO3/c1-2-9-6-3-5(4-8)7-10-6/h3-4H,2H2,1H3. The molecular formula is C6H7NO3. The van der Waals surface area contributed by atoms with Crippen molar-refractivity contribution in [2.24, 2.45) is 0 Å². The number of nitrogens with zero attached hydrogens (tertiary/aromatic N) is 1. The van der Waals surface area contributed by atoms with Gasteiger partial charge in [0.05, 0.1) is 12.7 Å². The first kappa shape index (κ1) is 6.80. The van der Waals surface area contributed by atoms with Gasteiger partial charge in [-0.1, -0.05) is 5.16 Å². The van der Waals surface area contributed by atoms with Gasteiger partial charge in [0.2, 0.25) is 0 Å². The SMILES string of the molecule is CCOc1cc(C=O)no1. The Morgan fingerprint density at radius 2 is 2.70 bits per heavy atom. The average Bonchev–Trinajstić information content (AvgIpc) is 2.37. The molecule has 0 amide bonds. The Balaban J connectivity index is 2.68. The third-order valence-corrected chi connectivity index (χ3v) is 0.914. The Hall–Kier alpha value is -1.32. The van der Waals surface area contributed by atoms with Gasteiger partial charge in [-0.05, 0) is 6.92 Å². The summed E-state index contributed by atoms with van der Waals surface area (Å²) in [5.74, 6) is 0.282. The quantitative estimate of drug-likeness (QED) is 0.586. The van der Waals surface area contributed by atoms with E-state index in [0.29, 0.717) is 12.9 Å². The molecule has 0 radical (unpaired) electrons. The molecule has 0 saturated heterocycles. The fraction of sp³-hybridized carbons (Fsp3) is 0.333. The Morgan fingerprint density at radius 1 is 1.90 bits per heavy atom. The van der Waals surface area contributed by atoms with Gasteiger partial charge in [-0.3, -0.25) is 4.79 Å². The number of aldehydes is 1. The summed E-state index contributed by atoms with van der Waals surface area (Å²) >= 11 is 0. The van der Waals surface area contributed by atoms with Gasteiger partial charge in [-0.25, -0.2) is 0 Å². The molecule has 10 heavy (non-hydrogen) atoms. The minimum absolute atomic E-state index is 0.253. The van der Waals surface area contributed by atoms with Crippen molar-refractivity contribution >= 4 is 6.29 Å². The highest BCUT2D eigenvalue weighted by atomic mass is 16.6. The topological polar surface area (TPSA) is 52.3 Å². The number of carbonyl (C=O) groups excluding carboxylic acids is 1. The molecule has 0 bridgehead atoms. The van der Waals surface area contributed by atoms with Crippen LogP contribution in [-0.4, -0.2) is 18.0 Å². The normalized spacial score (nSPS) is 9.30. The van der Waals surface area contributed by atoms with E-state index < -0.39 is 0 Å². The molecular weight excluding hydrogens is 134 g/mol. The molecule has 1 aromatic rings. The number of aromatic nitrogens is 1. The van der Waals surface area contributed by atoms with Gasteiger partial charge in [0.1, 0.15) is 5.69 Å². The van der Waals surface area contributed by atoms with Gasteiger partial charge in [0, 0.05) is 0 Å². The molecule has 4 nitrogen and oxygen atoms in total. The first-order valence-corrected chi connectivity index (χ1v) is 2.91. The average molecular weight is 141 g/mol. The maximum absolute atomic E-state index is 10.0. The lowest BCUT2D eigenvalue weighted by molar-refractivity contribution is 0.111. The van der Waals surface area contributed by atoms with Crippen LogP contribution in [0.25, 0.3) is 0 Å². The Morgan fingerprint density at radius 3 is 3.20 bits per heavy atom. The summed E-state index contributed by atoms with van der Waals surface area (Å²) in [6.45, 7) is 2.33. The van der Waals surface area contributed by atoms with Crippen LogP contribution in [-0.2, 0) is 0 Å². The second kappa shape index (κ2) is 3.00. The van der Waals surface area contributed by atoms with Crippen LogP contribution >= 0.6 is 0 Å². The molecule has 0 N–H and O–H groups in total. The van der Waals surface area contributed by atoms with Gasteiger partial charge in [-0.15, -0.1) is 0 Å². The van der Waals surface area contributed by atoms with Crippen LogP contribution in [0.3, 0.4) is 0 Å². The van der Waals surface area contributed by atoms with Gasteiger partial charge < -0.3 is 9.26 Å². The van der Waals surface area contributed by atoms with Crippen LogP contribution < -0.4 is 4.74 Å². The van der Waals surface area contributed by atoms with Gasteiger partial charge in [0.15, 0.2) is 6.29 Å². The molecule has 1 heterocycles. The zero-order valence-electron chi connectivity index (χ0n) is 5.53. The third kappa shape index (κ3) is 1.34. The molecule has 0 unspecified atom stereocenters. The first-order chi connectivity index (χ1) is 4.86. The molecule has 0 aliphatic heterocycles. The van der Waals surface area contributed by atoms with Crippen LogP contribution in [0.5, 0.6) is 5.95 Å². The van der Waals surface area contributed by atoms with Crippen LogP contribution in [0, 0.1) is 0 Å². The fourth-order valence-electron chi connectivity index (χ4n) is 0.537. The second-order valence-electron chi connectivity index (χ2n) is 1.62. The number of rotatable bonds is 3. The molecule has 1 aromatic heterocycles. The van der Waals surface area contributed by atoms with Crippen molar-refractivity contribution in [3.05, 3.63) is 11.8 Å². The van der Waals surface area contributed by atoms with Crippen LogP contribution in [0.1, 0.15) is 17.4 Å².